The molecule has 0 unspecified atom stereocenters. The van der Waals surface area contributed by atoms with E-state index in [1.807, 2.05) is 4.90 Å². The summed E-state index contributed by atoms with van der Waals surface area (Å²) in [6, 6.07) is 4.44. The number of nitro groups is 1. The second-order valence-electron chi connectivity index (χ2n) is 5.52. The van der Waals surface area contributed by atoms with Gasteiger partial charge in [0.25, 0.3) is 11.6 Å². The molecule has 10 heteroatoms. The van der Waals surface area contributed by atoms with Crippen LogP contribution in [-0.2, 0) is 0 Å². The molecule has 0 aliphatic carbocycles. The molecule has 1 amide bonds. The summed E-state index contributed by atoms with van der Waals surface area (Å²) in [4.78, 5) is 27.4. The number of nitrogens with one attached hydrogen (secondary N) is 1. The van der Waals surface area contributed by atoms with E-state index in [1.54, 1.807) is 18.0 Å². The van der Waals surface area contributed by atoms with Gasteiger partial charge in [-0.05, 0) is 18.3 Å². The van der Waals surface area contributed by atoms with Crippen molar-refractivity contribution in [2.75, 3.05) is 33.2 Å². The lowest BCUT2D eigenvalue weighted by atomic mass is 10.2. The van der Waals surface area contributed by atoms with Gasteiger partial charge in [-0.15, -0.1) is 11.3 Å². The van der Waals surface area contributed by atoms with Crippen molar-refractivity contribution < 1.29 is 9.72 Å². The average molecular weight is 399 g/mol. The summed E-state index contributed by atoms with van der Waals surface area (Å²) in [6.45, 7) is 2.40. The van der Waals surface area contributed by atoms with Crippen molar-refractivity contribution in [3.63, 3.8) is 0 Å². The molecule has 1 aliphatic rings. The first kappa shape index (κ1) is 17.8. The molecule has 0 bridgehead atoms. The maximum Gasteiger partial charge on any atom is 0.270 e. The highest BCUT2D eigenvalue weighted by Gasteiger charge is 2.27. The van der Waals surface area contributed by atoms with E-state index in [-0.39, 0.29) is 11.6 Å². The van der Waals surface area contributed by atoms with E-state index in [9.17, 15) is 14.9 Å². The van der Waals surface area contributed by atoms with E-state index in [0.29, 0.717) is 51.3 Å². The van der Waals surface area contributed by atoms with Crippen molar-refractivity contribution in [3.05, 3.63) is 38.2 Å². The standard InChI is InChI=1S/C15H15ClN4O3S2/c1-17-15(24)19-6-4-18(5-7-19)14(21)13-12(16)10-3-2-9(20(22)23)8-11(10)25-13/h2-3,8H,4-7H2,1H3,(H,17,24). The Bertz CT molecular complexity index is 862. The van der Waals surface area contributed by atoms with Gasteiger partial charge in [0.15, 0.2) is 5.11 Å². The topological polar surface area (TPSA) is 78.7 Å². The van der Waals surface area contributed by atoms with E-state index >= 15 is 0 Å². The molecule has 0 spiro atoms. The molecule has 0 atom stereocenters. The highest BCUT2D eigenvalue weighted by atomic mass is 35.5. The Kier molecular flexibility index (Phi) is 5.07. The zero-order valence-corrected chi connectivity index (χ0v) is 15.7. The highest BCUT2D eigenvalue weighted by Crippen LogP contribution is 2.37. The van der Waals surface area contributed by atoms with Crippen molar-refractivity contribution in [1.82, 2.24) is 15.1 Å². The first-order valence-corrected chi connectivity index (χ1v) is 9.15. The van der Waals surface area contributed by atoms with Crippen molar-refractivity contribution in [1.29, 1.82) is 0 Å². The number of thiophene rings is 1. The van der Waals surface area contributed by atoms with Crippen LogP contribution < -0.4 is 5.32 Å². The summed E-state index contributed by atoms with van der Waals surface area (Å²) in [7, 11) is 1.77. The quantitative estimate of drug-likeness (QED) is 0.476. The van der Waals surface area contributed by atoms with E-state index < -0.39 is 4.92 Å². The van der Waals surface area contributed by atoms with E-state index in [0.717, 1.165) is 0 Å². The van der Waals surface area contributed by atoms with Crippen LogP contribution in [0.2, 0.25) is 5.02 Å². The highest BCUT2D eigenvalue weighted by molar-refractivity contribution is 7.80. The Morgan fingerprint density at radius 3 is 2.56 bits per heavy atom. The van der Waals surface area contributed by atoms with Crippen molar-refractivity contribution in [2.45, 2.75) is 0 Å². The van der Waals surface area contributed by atoms with Gasteiger partial charge in [0.2, 0.25) is 0 Å². The number of amides is 1. The third-order valence-electron chi connectivity index (χ3n) is 4.09. The summed E-state index contributed by atoms with van der Waals surface area (Å²) in [5, 5.41) is 15.5. The molecule has 1 aromatic heterocycles. The second-order valence-corrected chi connectivity index (χ2v) is 7.33. The minimum absolute atomic E-state index is 0.0152. The van der Waals surface area contributed by atoms with Crippen LogP contribution in [0.15, 0.2) is 18.2 Å². The molecule has 2 heterocycles. The van der Waals surface area contributed by atoms with Gasteiger partial charge in [-0.2, -0.15) is 0 Å². The van der Waals surface area contributed by atoms with Crippen LogP contribution in [0.25, 0.3) is 10.1 Å². The zero-order valence-electron chi connectivity index (χ0n) is 13.3. The number of carbonyl (C=O) groups excluding carboxylic acids is 1. The number of non-ortho nitro benzene ring substituents is 1. The van der Waals surface area contributed by atoms with Crippen LogP contribution in [0.4, 0.5) is 5.69 Å². The number of nitro benzene ring substituents is 1. The van der Waals surface area contributed by atoms with Gasteiger partial charge in [0, 0.05) is 55.4 Å². The number of hydrogen-bond donors (Lipinski definition) is 1. The Morgan fingerprint density at radius 1 is 1.32 bits per heavy atom. The monoisotopic (exact) mass is 398 g/mol. The molecular weight excluding hydrogens is 384 g/mol. The summed E-state index contributed by atoms with van der Waals surface area (Å²) in [5.41, 5.74) is -0.0152. The van der Waals surface area contributed by atoms with Crippen molar-refractivity contribution >= 4 is 61.9 Å². The van der Waals surface area contributed by atoms with Crippen molar-refractivity contribution in [2.24, 2.45) is 0 Å². The number of carbonyl (C=O) groups is 1. The fraction of sp³-hybridized carbons (Fsp3) is 0.333. The van der Waals surface area contributed by atoms with Gasteiger partial charge in [0.05, 0.1) is 9.95 Å². The van der Waals surface area contributed by atoms with Crippen molar-refractivity contribution in [3.8, 4) is 0 Å². The van der Waals surface area contributed by atoms with Gasteiger partial charge in [-0.25, -0.2) is 0 Å². The fourth-order valence-electron chi connectivity index (χ4n) is 2.72. The second kappa shape index (κ2) is 7.11. The average Bonchev–Trinajstić information content (AvgIpc) is 2.96. The van der Waals surface area contributed by atoms with Gasteiger partial charge >= 0.3 is 0 Å². The molecule has 1 N–H and O–H groups in total. The van der Waals surface area contributed by atoms with Gasteiger partial charge < -0.3 is 15.1 Å². The maximum absolute atomic E-state index is 12.8. The molecule has 0 radical (unpaired) electrons. The summed E-state index contributed by atoms with van der Waals surface area (Å²) in [6.07, 6.45) is 0. The molecule has 1 fully saturated rings. The Hall–Kier alpha value is -1.97. The molecule has 1 aromatic carbocycles. The van der Waals surface area contributed by atoms with Crippen LogP contribution in [0.5, 0.6) is 0 Å². The molecule has 2 aromatic rings. The SMILES string of the molecule is CNC(=S)N1CCN(C(=O)c2sc3cc([N+](=O)[O-])ccc3c2Cl)CC1. The van der Waals surface area contributed by atoms with Crippen LogP contribution in [0, 0.1) is 10.1 Å². The Labute approximate surface area is 158 Å². The minimum atomic E-state index is -0.460. The fourth-order valence-corrected chi connectivity index (χ4v) is 4.41. The molecule has 1 saturated heterocycles. The number of thiocarbonyl (C=S) groups is 1. The van der Waals surface area contributed by atoms with E-state index in [4.69, 9.17) is 23.8 Å². The molecule has 1 aliphatic heterocycles. The van der Waals surface area contributed by atoms with E-state index in [1.165, 1.54) is 23.5 Å². The summed E-state index contributed by atoms with van der Waals surface area (Å²) >= 11 is 12.8. The van der Waals surface area contributed by atoms with Gasteiger partial charge in [0.1, 0.15) is 4.88 Å². The first-order valence-electron chi connectivity index (χ1n) is 7.54. The van der Waals surface area contributed by atoms with Crippen LogP contribution in [0.1, 0.15) is 9.67 Å². The lowest BCUT2D eigenvalue weighted by Crippen LogP contribution is -2.52. The number of nitrogens with zero attached hydrogens (tertiary/aromatic N) is 3. The number of piperazine rings is 1. The Morgan fingerprint density at radius 2 is 1.96 bits per heavy atom. The van der Waals surface area contributed by atoms with Gasteiger partial charge in [-0.3, -0.25) is 14.9 Å². The lowest BCUT2D eigenvalue weighted by molar-refractivity contribution is -0.384. The predicted octanol–water partition coefficient (Wildman–Crippen LogP) is 2.73. The molecular formula is C15H15ClN4O3S2. The number of rotatable bonds is 2. The zero-order chi connectivity index (χ0) is 18.1. The van der Waals surface area contributed by atoms with Crippen LogP contribution in [-0.4, -0.2) is 59.0 Å². The van der Waals surface area contributed by atoms with Crippen LogP contribution >= 0.6 is 35.2 Å². The number of halogens is 1. The van der Waals surface area contributed by atoms with Gasteiger partial charge in [-0.1, -0.05) is 11.6 Å². The molecule has 3 rings (SSSR count). The largest absolute Gasteiger partial charge is 0.366 e. The molecule has 25 heavy (non-hydrogen) atoms. The number of benzene rings is 1. The molecule has 132 valence electrons. The smallest absolute Gasteiger partial charge is 0.270 e. The predicted molar refractivity (Wildman–Crippen MR) is 103 cm³/mol. The van der Waals surface area contributed by atoms with E-state index in [2.05, 4.69) is 5.32 Å². The molecule has 0 saturated carbocycles. The normalized spacial score (nSPS) is 14.6. The minimum Gasteiger partial charge on any atom is -0.366 e. The third-order valence-corrected chi connectivity index (χ3v) is 6.19. The molecule has 7 nitrogen and oxygen atoms in total. The first-order chi connectivity index (χ1) is 11.9. The lowest BCUT2D eigenvalue weighted by Gasteiger charge is -2.35. The summed E-state index contributed by atoms with van der Waals surface area (Å²) in [5.74, 6) is -0.149. The van der Waals surface area contributed by atoms with Crippen LogP contribution in [0.3, 0.4) is 0 Å². The number of fused-ring (bicyclic) bond motifs is 1. The maximum atomic E-state index is 12.8. The summed E-state index contributed by atoms with van der Waals surface area (Å²) < 4.78 is 0.637. The Balaban J connectivity index is 1.82. The third kappa shape index (κ3) is 3.39. The number of hydrogen-bond acceptors (Lipinski definition) is 5.